The van der Waals surface area contributed by atoms with Crippen molar-refractivity contribution in [3.8, 4) is 0 Å². The Labute approximate surface area is 92.6 Å². The van der Waals surface area contributed by atoms with E-state index in [9.17, 15) is 0 Å². The molecule has 1 aromatic rings. The van der Waals surface area contributed by atoms with E-state index in [1.54, 1.807) is 0 Å². The maximum absolute atomic E-state index is 3.84. The normalized spacial score (nSPS) is 12.2. The number of benzene rings is 1. The lowest BCUT2D eigenvalue weighted by Crippen LogP contribution is -2.18. The van der Waals surface area contributed by atoms with Gasteiger partial charge in [-0.05, 0) is 24.2 Å². The zero-order valence-electron chi connectivity index (χ0n) is 9.83. The predicted molar refractivity (Wildman–Crippen MR) is 67.4 cm³/mol. The lowest BCUT2D eigenvalue weighted by atomic mass is 10.1. The van der Waals surface area contributed by atoms with Crippen LogP contribution in [0.15, 0.2) is 36.9 Å². The van der Waals surface area contributed by atoms with Gasteiger partial charge in [0.15, 0.2) is 0 Å². The minimum atomic E-state index is 0.256. The van der Waals surface area contributed by atoms with Crippen LogP contribution in [0.25, 0.3) is 0 Å². The average Bonchev–Trinajstić information content (AvgIpc) is 2.26. The van der Waals surface area contributed by atoms with Crippen molar-refractivity contribution in [1.29, 1.82) is 0 Å². The SMILES string of the molecule is C=CC(NCC)c1ccc(N(C)C)cc1. The van der Waals surface area contributed by atoms with Crippen molar-refractivity contribution in [1.82, 2.24) is 5.32 Å². The zero-order chi connectivity index (χ0) is 11.3. The van der Waals surface area contributed by atoms with Gasteiger partial charge in [-0.15, -0.1) is 6.58 Å². The third kappa shape index (κ3) is 3.10. The van der Waals surface area contributed by atoms with Crippen molar-refractivity contribution in [2.75, 3.05) is 25.5 Å². The minimum Gasteiger partial charge on any atom is -0.378 e. The van der Waals surface area contributed by atoms with Gasteiger partial charge in [0.2, 0.25) is 0 Å². The van der Waals surface area contributed by atoms with Crippen LogP contribution >= 0.6 is 0 Å². The quantitative estimate of drug-likeness (QED) is 0.742. The number of hydrogen-bond donors (Lipinski definition) is 1. The Morgan fingerprint density at radius 1 is 1.33 bits per heavy atom. The summed E-state index contributed by atoms with van der Waals surface area (Å²) in [5, 5.41) is 3.37. The predicted octanol–water partition coefficient (Wildman–Crippen LogP) is 2.59. The van der Waals surface area contributed by atoms with Crippen molar-refractivity contribution in [2.24, 2.45) is 0 Å². The fraction of sp³-hybridized carbons (Fsp3) is 0.385. The molecule has 0 aliphatic carbocycles. The van der Waals surface area contributed by atoms with Crippen LogP contribution in [-0.4, -0.2) is 20.6 Å². The highest BCUT2D eigenvalue weighted by molar-refractivity contribution is 5.46. The number of rotatable bonds is 5. The molecule has 15 heavy (non-hydrogen) atoms. The summed E-state index contributed by atoms with van der Waals surface area (Å²) in [7, 11) is 4.09. The molecule has 82 valence electrons. The summed E-state index contributed by atoms with van der Waals surface area (Å²) in [5.41, 5.74) is 2.48. The van der Waals surface area contributed by atoms with Crippen LogP contribution < -0.4 is 10.2 Å². The molecule has 0 spiro atoms. The maximum atomic E-state index is 3.84. The number of nitrogens with zero attached hydrogens (tertiary/aromatic N) is 1. The monoisotopic (exact) mass is 204 g/mol. The van der Waals surface area contributed by atoms with Gasteiger partial charge < -0.3 is 10.2 Å². The van der Waals surface area contributed by atoms with E-state index in [0.29, 0.717) is 0 Å². The average molecular weight is 204 g/mol. The second-order valence-corrected chi connectivity index (χ2v) is 3.76. The number of nitrogens with one attached hydrogen (secondary N) is 1. The van der Waals surface area contributed by atoms with E-state index < -0.39 is 0 Å². The van der Waals surface area contributed by atoms with Gasteiger partial charge in [-0.2, -0.15) is 0 Å². The molecule has 2 nitrogen and oxygen atoms in total. The van der Waals surface area contributed by atoms with Gasteiger partial charge in [-0.25, -0.2) is 0 Å². The molecule has 2 heteroatoms. The van der Waals surface area contributed by atoms with Gasteiger partial charge in [0.05, 0.1) is 6.04 Å². The molecule has 0 saturated carbocycles. The Morgan fingerprint density at radius 3 is 2.33 bits per heavy atom. The Balaban J connectivity index is 2.81. The molecule has 0 aliphatic rings. The number of anilines is 1. The fourth-order valence-electron chi connectivity index (χ4n) is 1.54. The summed E-state index contributed by atoms with van der Waals surface area (Å²) in [4.78, 5) is 2.10. The lowest BCUT2D eigenvalue weighted by molar-refractivity contribution is 0.649. The molecular weight excluding hydrogens is 184 g/mol. The molecule has 0 saturated heterocycles. The fourth-order valence-corrected chi connectivity index (χ4v) is 1.54. The molecule has 0 radical (unpaired) electrons. The Bertz CT molecular complexity index is 301. The Hall–Kier alpha value is -1.28. The first-order chi connectivity index (χ1) is 7.19. The summed E-state index contributed by atoms with van der Waals surface area (Å²) in [5.74, 6) is 0. The zero-order valence-corrected chi connectivity index (χ0v) is 9.83. The first kappa shape index (κ1) is 11.8. The van der Waals surface area contributed by atoms with E-state index in [1.165, 1.54) is 11.3 Å². The summed E-state index contributed by atoms with van der Waals surface area (Å²) in [6.45, 7) is 6.89. The Morgan fingerprint density at radius 2 is 1.93 bits per heavy atom. The van der Waals surface area contributed by atoms with Gasteiger partial charge in [0, 0.05) is 19.8 Å². The standard InChI is InChI=1S/C13H20N2/c1-5-13(14-6-2)11-7-9-12(10-8-11)15(3)4/h5,7-10,13-14H,1,6H2,2-4H3. The van der Waals surface area contributed by atoms with Crippen LogP contribution in [0.3, 0.4) is 0 Å². The second kappa shape index (κ2) is 5.56. The highest BCUT2D eigenvalue weighted by Gasteiger charge is 2.05. The molecule has 0 bridgehead atoms. The van der Waals surface area contributed by atoms with Crippen molar-refractivity contribution < 1.29 is 0 Å². The topological polar surface area (TPSA) is 15.3 Å². The van der Waals surface area contributed by atoms with E-state index in [0.717, 1.165) is 6.54 Å². The smallest absolute Gasteiger partial charge is 0.0503 e. The van der Waals surface area contributed by atoms with E-state index in [-0.39, 0.29) is 6.04 Å². The van der Waals surface area contributed by atoms with Crippen LogP contribution in [-0.2, 0) is 0 Å². The Kier molecular flexibility index (Phi) is 4.37. The summed E-state index contributed by atoms with van der Waals surface area (Å²) in [6, 6.07) is 8.80. The molecular formula is C13H20N2. The first-order valence-corrected chi connectivity index (χ1v) is 5.32. The van der Waals surface area contributed by atoms with E-state index in [2.05, 4.69) is 48.0 Å². The van der Waals surface area contributed by atoms with Crippen LogP contribution in [0.4, 0.5) is 5.69 Å². The summed E-state index contributed by atoms with van der Waals surface area (Å²) < 4.78 is 0. The molecule has 1 rings (SSSR count). The van der Waals surface area contributed by atoms with Gasteiger partial charge in [-0.3, -0.25) is 0 Å². The van der Waals surface area contributed by atoms with Crippen molar-refractivity contribution in [2.45, 2.75) is 13.0 Å². The van der Waals surface area contributed by atoms with Crippen LogP contribution in [0.5, 0.6) is 0 Å². The maximum Gasteiger partial charge on any atom is 0.0503 e. The molecule has 1 unspecified atom stereocenters. The molecule has 0 amide bonds. The second-order valence-electron chi connectivity index (χ2n) is 3.76. The van der Waals surface area contributed by atoms with Crippen molar-refractivity contribution >= 4 is 5.69 Å². The van der Waals surface area contributed by atoms with Gasteiger partial charge in [-0.1, -0.05) is 25.1 Å². The molecule has 0 aromatic heterocycles. The van der Waals surface area contributed by atoms with E-state index in [4.69, 9.17) is 0 Å². The van der Waals surface area contributed by atoms with Gasteiger partial charge >= 0.3 is 0 Å². The van der Waals surface area contributed by atoms with Gasteiger partial charge in [0.1, 0.15) is 0 Å². The highest BCUT2D eigenvalue weighted by atomic mass is 15.1. The number of hydrogen-bond acceptors (Lipinski definition) is 2. The van der Waals surface area contributed by atoms with Crippen molar-refractivity contribution in [3.63, 3.8) is 0 Å². The molecule has 0 aliphatic heterocycles. The third-order valence-electron chi connectivity index (χ3n) is 2.43. The van der Waals surface area contributed by atoms with Gasteiger partial charge in [0.25, 0.3) is 0 Å². The molecule has 1 aromatic carbocycles. The third-order valence-corrected chi connectivity index (χ3v) is 2.43. The lowest BCUT2D eigenvalue weighted by Gasteiger charge is -2.16. The van der Waals surface area contributed by atoms with E-state index >= 15 is 0 Å². The highest BCUT2D eigenvalue weighted by Crippen LogP contribution is 2.18. The number of likely N-dealkylation sites (N-methyl/N-ethyl adjacent to an activating group) is 1. The summed E-state index contributed by atoms with van der Waals surface area (Å²) >= 11 is 0. The van der Waals surface area contributed by atoms with Crippen LogP contribution in [0.2, 0.25) is 0 Å². The largest absolute Gasteiger partial charge is 0.378 e. The molecule has 0 fully saturated rings. The van der Waals surface area contributed by atoms with E-state index in [1.807, 2.05) is 20.2 Å². The molecule has 1 atom stereocenters. The van der Waals surface area contributed by atoms with Crippen LogP contribution in [0.1, 0.15) is 18.5 Å². The van der Waals surface area contributed by atoms with Crippen molar-refractivity contribution in [3.05, 3.63) is 42.5 Å². The minimum absolute atomic E-state index is 0.256. The summed E-state index contributed by atoms with van der Waals surface area (Å²) in [6.07, 6.45) is 1.94. The molecule has 1 N–H and O–H groups in total. The first-order valence-electron chi connectivity index (χ1n) is 5.32. The van der Waals surface area contributed by atoms with Crippen LogP contribution in [0, 0.1) is 0 Å². The molecule has 0 heterocycles.